The summed E-state index contributed by atoms with van der Waals surface area (Å²) in [6.07, 6.45) is 2.25. The van der Waals surface area contributed by atoms with Crippen LogP contribution in [0.3, 0.4) is 0 Å². The quantitative estimate of drug-likeness (QED) is 0.568. The second-order valence-corrected chi connectivity index (χ2v) is 8.37. The number of benzene rings is 2. The number of carboxylic acids is 1. The minimum atomic E-state index is -0.896. The van der Waals surface area contributed by atoms with E-state index in [9.17, 15) is 9.59 Å². The van der Waals surface area contributed by atoms with Gasteiger partial charge in [0.25, 0.3) is 5.91 Å². The Morgan fingerprint density at radius 1 is 1.24 bits per heavy atom. The molecule has 0 bridgehead atoms. The second-order valence-electron chi connectivity index (χ2n) is 7.93. The molecule has 0 aliphatic carbocycles. The highest BCUT2D eigenvalue weighted by Gasteiger charge is 2.31. The summed E-state index contributed by atoms with van der Waals surface area (Å²) in [7, 11) is 1.49. The Hall–Kier alpha value is -3.45. The number of methoxy groups -OCH3 is 1. The number of carbonyl (C=O) groups is 2. The first-order valence-electron chi connectivity index (χ1n) is 10.5. The fraction of sp³-hybridized carbons (Fsp3) is 0.240. The molecule has 1 aliphatic heterocycles. The van der Waals surface area contributed by atoms with E-state index in [1.54, 1.807) is 54.7 Å². The maximum atomic E-state index is 15.5. The third-order valence-corrected chi connectivity index (χ3v) is 6.02. The number of nitrogens with zero attached hydrogens (tertiary/aromatic N) is 2. The average Bonchev–Trinajstić information content (AvgIpc) is 3.31. The smallest absolute Gasteiger partial charge is 0.308 e. The van der Waals surface area contributed by atoms with E-state index in [0.29, 0.717) is 40.4 Å². The van der Waals surface area contributed by atoms with E-state index < -0.39 is 17.7 Å². The third-order valence-electron chi connectivity index (χ3n) is 5.78. The molecule has 4 rings (SSSR count). The normalized spacial score (nSPS) is 15.5. The zero-order chi connectivity index (χ0) is 23.5. The predicted molar refractivity (Wildman–Crippen MR) is 122 cm³/mol. The van der Waals surface area contributed by atoms with Gasteiger partial charge in [-0.05, 0) is 47.4 Å². The monoisotopic (exact) mass is 468 g/mol. The number of halogens is 2. The van der Waals surface area contributed by atoms with Gasteiger partial charge in [0.2, 0.25) is 0 Å². The highest BCUT2D eigenvalue weighted by molar-refractivity contribution is 6.30. The summed E-state index contributed by atoms with van der Waals surface area (Å²) in [4.78, 5) is 29.5. The number of aromatic nitrogens is 1. The maximum Gasteiger partial charge on any atom is 0.308 e. The van der Waals surface area contributed by atoms with E-state index in [2.05, 4.69) is 4.98 Å². The van der Waals surface area contributed by atoms with Crippen molar-refractivity contribution in [3.8, 4) is 16.9 Å². The summed E-state index contributed by atoms with van der Waals surface area (Å²) in [5, 5.41) is 9.62. The number of pyridine rings is 1. The van der Waals surface area contributed by atoms with Crippen LogP contribution in [0.5, 0.6) is 5.75 Å². The molecule has 33 heavy (non-hydrogen) atoms. The number of hydrogen-bond donors (Lipinski definition) is 1. The molecule has 0 saturated carbocycles. The van der Waals surface area contributed by atoms with E-state index in [1.165, 1.54) is 12.0 Å². The molecule has 1 aromatic heterocycles. The van der Waals surface area contributed by atoms with Crippen LogP contribution in [0.15, 0.2) is 54.7 Å². The van der Waals surface area contributed by atoms with Crippen molar-refractivity contribution >= 4 is 23.5 Å². The molecule has 1 atom stereocenters. The largest absolute Gasteiger partial charge is 0.496 e. The van der Waals surface area contributed by atoms with E-state index in [4.69, 9.17) is 21.4 Å². The Morgan fingerprint density at radius 2 is 2.06 bits per heavy atom. The van der Waals surface area contributed by atoms with Gasteiger partial charge in [0, 0.05) is 30.7 Å². The van der Waals surface area contributed by atoms with Crippen LogP contribution >= 0.6 is 11.6 Å². The summed E-state index contributed by atoms with van der Waals surface area (Å²) < 4.78 is 20.8. The topological polar surface area (TPSA) is 79.7 Å². The fourth-order valence-electron chi connectivity index (χ4n) is 4.00. The van der Waals surface area contributed by atoms with Crippen LogP contribution in [0.2, 0.25) is 5.02 Å². The van der Waals surface area contributed by atoms with Crippen molar-refractivity contribution in [1.82, 2.24) is 9.88 Å². The highest BCUT2D eigenvalue weighted by atomic mass is 35.5. The SMILES string of the molecule is COc1ccc(Cc2ccc(C(=O)N3CCC(C(=O)O)C3)nc2)c(F)c1-c1cccc(Cl)c1. The Balaban J connectivity index is 1.54. The number of hydrogen-bond acceptors (Lipinski definition) is 4. The second kappa shape index (κ2) is 9.58. The Morgan fingerprint density at radius 3 is 2.70 bits per heavy atom. The lowest BCUT2D eigenvalue weighted by Crippen LogP contribution is -2.30. The summed E-state index contributed by atoms with van der Waals surface area (Å²) >= 11 is 6.09. The predicted octanol–water partition coefficient (Wildman–Crippen LogP) is 4.69. The molecular weight excluding hydrogens is 447 g/mol. The molecule has 170 valence electrons. The number of ether oxygens (including phenoxy) is 1. The van der Waals surface area contributed by atoms with Gasteiger partial charge in [-0.2, -0.15) is 0 Å². The standard InChI is InChI=1S/C25H22ClFN2O4/c1-33-21-8-6-17(23(27)22(21)16-3-2-4-19(26)12-16)11-15-5-7-20(28-13-15)24(30)29-10-9-18(14-29)25(31)32/h2-8,12-13,18H,9-11,14H2,1H3,(H,31,32). The number of rotatable bonds is 6. The van der Waals surface area contributed by atoms with Crippen LogP contribution in [0.4, 0.5) is 4.39 Å². The van der Waals surface area contributed by atoms with Gasteiger partial charge in [0.05, 0.1) is 18.6 Å². The number of carbonyl (C=O) groups excluding carboxylic acids is 1. The van der Waals surface area contributed by atoms with Crippen molar-refractivity contribution in [3.05, 3.63) is 82.4 Å². The highest BCUT2D eigenvalue weighted by Crippen LogP contribution is 2.36. The van der Waals surface area contributed by atoms with E-state index >= 15 is 4.39 Å². The molecule has 6 nitrogen and oxygen atoms in total. The van der Waals surface area contributed by atoms with Crippen LogP contribution in [0, 0.1) is 11.7 Å². The Labute approximate surface area is 195 Å². The van der Waals surface area contributed by atoms with E-state index in [1.807, 2.05) is 0 Å². The number of likely N-dealkylation sites (tertiary alicyclic amines) is 1. The number of carboxylic acid groups (broad SMARTS) is 1. The first kappa shape index (κ1) is 22.7. The van der Waals surface area contributed by atoms with Crippen LogP contribution in [0.1, 0.15) is 28.0 Å². The van der Waals surface area contributed by atoms with Gasteiger partial charge in [0.1, 0.15) is 17.3 Å². The summed E-state index contributed by atoms with van der Waals surface area (Å²) in [5.41, 5.74) is 2.37. The zero-order valence-corrected chi connectivity index (χ0v) is 18.7. The average molecular weight is 469 g/mol. The summed E-state index contributed by atoms with van der Waals surface area (Å²) in [5.74, 6) is -1.74. The van der Waals surface area contributed by atoms with Gasteiger partial charge in [-0.3, -0.25) is 14.6 Å². The molecule has 3 aromatic rings. The molecule has 2 heterocycles. The van der Waals surface area contributed by atoms with Crippen molar-refractivity contribution in [2.24, 2.45) is 5.92 Å². The van der Waals surface area contributed by atoms with E-state index in [-0.39, 0.29) is 24.6 Å². The lowest BCUT2D eigenvalue weighted by Gasteiger charge is -2.16. The van der Waals surface area contributed by atoms with Gasteiger partial charge in [-0.15, -0.1) is 0 Å². The molecule has 1 aliphatic rings. The van der Waals surface area contributed by atoms with Crippen LogP contribution in [0.25, 0.3) is 11.1 Å². The van der Waals surface area contributed by atoms with Crippen molar-refractivity contribution < 1.29 is 23.8 Å². The Bertz CT molecular complexity index is 1200. The third kappa shape index (κ3) is 4.83. The van der Waals surface area contributed by atoms with Crippen LogP contribution in [-0.4, -0.2) is 47.1 Å². The molecule has 1 N–H and O–H groups in total. The lowest BCUT2D eigenvalue weighted by atomic mass is 9.97. The molecule has 1 amide bonds. The number of aliphatic carboxylic acids is 1. The zero-order valence-electron chi connectivity index (χ0n) is 17.9. The summed E-state index contributed by atoms with van der Waals surface area (Å²) in [6.45, 7) is 0.573. The van der Waals surface area contributed by atoms with Crippen molar-refractivity contribution in [1.29, 1.82) is 0 Å². The van der Waals surface area contributed by atoms with Crippen molar-refractivity contribution in [2.75, 3.05) is 20.2 Å². The van der Waals surface area contributed by atoms with Gasteiger partial charge in [0.15, 0.2) is 0 Å². The van der Waals surface area contributed by atoms with Crippen molar-refractivity contribution in [2.45, 2.75) is 12.8 Å². The molecule has 8 heteroatoms. The molecule has 1 fully saturated rings. The number of amides is 1. The fourth-order valence-corrected chi connectivity index (χ4v) is 4.20. The van der Waals surface area contributed by atoms with Gasteiger partial charge in [-0.25, -0.2) is 4.39 Å². The van der Waals surface area contributed by atoms with Gasteiger partial charge >= 0.3 is 5.97 Å². The van der Waals surface area contributed by atoms with Crippen molar-refractivity contribution in [3.63, 3.8) is 0 Å². The molecule has 1 saturated heterocycles. The van der Waals surface area contributed by atoms with Crippen LogP contribution < -0.4 is 4.74 Å². The molecule has 1 unspecified atom stereocenters. The Kier molecular flexibility index (Phi) is 6.60. The van der Waals surface area contributed by atoms with E-state index in [0.717, 1.165) is 5.56 Å². The molecule has 2 aromatic carbocycles. The lowest BCUT2D eigenvalue weighted by molar-refractivity contribution is -0.141. The van der Waals surface area contributed by atoms with Gasteiger partial charge in [-0.1, -0.05) is 35.9 Å². The maximum absolute atomic E-state index is 15.5. The van der Waals surface area contributed by atoms with Gasteiger partial charge < -0.3 is 14.7 Å². The first-order chi connectivity index (χ1) is 15.9. The van der Waals surface area contributed by atoms with Crippen LogP contribution in [-0.2, 0) is 11.2 Å². The minimum absolute atomic E-state index is 0.181. The molecular formula is C25H22ClFN2O4. The summed E-state index contributed by atoms with van der Waals surface area (Å²) in [6, 6.07) is 13.6. The minimum Gasteiger partial charge on any atom is -0.496 e. The molecule has 0 spiro atoms. The molecule has 0 radical (unpaired) electrons. The first-order valence-corrected chi connectivity index (χ1v) is 10.8.